The fourth-order valence-electron chi connectivity index (χ4n) is 3.35. The van der Waals surface area contributed by atoms with Gasteiger partial charge in [-0.1, -0.05) is 11.6 Å². The van der Waals surface area contributed by atoms with Crippen LogP contribution in [0.15, 0.2) is 36.7 Å². The van der Waals surface area contributed by atoms with Gasteiger partial charge in [0, 0.05) is 61.7 Å². The Balaban J connectivity index is 1.59. The molecule has 0 radical (unpaired) electrons. The molecule has 1 saturated heterocycles. The zero-order chi connectivity index (χ0) is 17.8. The summed E-state index contributed by atoms with van der Waals surface area (Å²) in [5.74, 6) is 1.14. The van der Waals surface area contributed by atoms with Crippen molar-refractivity contribution in [3.8, 4) is 0 Å². The van der Waals surface area contributed by atoms with Gasteiger partial charge < -0.3 is 9.47 Å². The molecule has 1 aromatic carbocycles. The largest absolute Gasteiger partial charge is 0.337 e. The fraction of sp³-hybridized carbons (Fsp3) is 0.474. The zero-order valence-electron chi connectivity index (χ0n) is 14.9. The van der Waals surface area contributed by atoms with Crippen LogP contribution in [-0.4, -0.2) is 57.5 Å². The Morgan fingerprint density at radius 1 is 1.20 bits per heavy atom. The van der Waals surface area contributed by atoms with Crippen LogP contribution in [0.3, 0.4) is 0 Å². The van der Waals surface area contributed by atoms with Gasteiger partial charge in [-0.15, -0.1) is 0 Å². The average molecular weight is 361 g/mol. The maximum absolute atomic E-state index is 12.7. The van der Waals surface area contributed by atoms with Crippen LogP contribution in [0.4, 0.5) is 0 Å². The number of aromatic nitrogens is 2. The molecule has 6 heteroatoms. The molecule has 1 aromatic heterocycles. The van der Waals surface area contributed by atoms with Crippen molar-refractivity contribution in [2.75, 3.05) is 26.2 Å². The summed E-state index contributed by atoms with van der Waals surface area (Å²) in [6.07, 6.45) is 4.86. The van der Waals surface area contributed by atoms with Gasteiger partial charge in [0.25, 0.3) is 5.91 Å². The van der Waals surface area contributed by atoms with E-state index in [4.69, 9.17) is 11.6 Å². The summed E-state index contributed by atoms with van der Waals surface area (Å²) in [5, 5.41) is 0.655. The number of carbonyl (C=O) groups is 1. The number of amides is 1. The Morgan fingerprint density at radius 2 is 1.96 bits per heavy atom. The second-order valence-electron chi connectivity index (χ2n) is 6.66. The number of hydrogen-bond donors (Lipinski definition) is 0. The summed E-state index contributed by atoms with van der Waals surface area (Å²) in [4.78, 5) is 21.4. The third-order valence-corrected chi connectivity index (χ3v) is 5.17. The van der Waals surface area contributed by atoms with Crippen molar-refractivity contribution in [3.05, 3.63) is 53.1 Å². The first-order valence-electron chi connectivity index (χ1n) is 8.81. The van der Waals surface area contributed by atoms with Crippen LogP contribution in [0.5, 0.6) is 0 Å². The number of benzene rings is 1. The smallest absolute Gasteiger partial charge is 0.253 e. The predicted molar refractivity (Wildman–Crippen MR) is 100.0 cm³/mol. The van der Waals surface area contributed by atoms with Crippen molar-refractivity contribution >= 4 is 17.5 Å². The van der Waals surface area contributed by atoms with E-state index in [1.54, 1.807) is 24.3 Å². The number of hydrogen-bond acceptors (Lipinski definition) is 3. The number of nitrogens with zero attached hydrogens (tertiary/aromatic N) is 4. The second-order valence-corrected chi connectivity index (χ2v) is 7.10. The van der Waals surface area contributed by atoms with Crippen LogP contribution >= 0.6 is 11.6 Å². The van der Waals surface area contributed by atoms with Crippen LogP contribution in [0.2, 0.25) is 5.02 Å². The number of rotatable bonds is 4. The van der Waals surface area contributed by atoms with Gasteiger partial charge in [-0.2, -0.15) is 0 Å². The van der Waals surface area contributed by atoms with Crippen LogP contribution in [0, 0.1) is 6.92 Å². The van der Waals surface area contributed by atoms with Crippen LogP contribution in [0.25, 0.3) is 0 Å². The van der Waals surface area contributed by atoms with E-state index in [1.165, 1.54) is 0 Å². The molecule has 2 heterocycles. The van der Waals surface area contributed by atoms with Gasteiger partial charge in [0.1, 0.15) is 5.82 Å². The van der Waals surface area contributed by atoms with E-state index in [0.29, 0.717) is 16.6 Å². The van der Waals surface area contributed by atoms with Gasteiger partial charge in [0.2, 0.25) is 0 Å². The SMILES string of the molecule is Cc1nccn1CC(C)N1CCCN(C(=O)c2ccc(Cl)cc2)CC1. The summed E-state index contributed by atoms with van der Waals surface area (Å²) in [7, 11) is 0. The highest BCUT2D eigenvalue weighted by atomic mass is 35.5. The lowest BCUT2D eigenvalue weighted by Gasteiger charge is -2.28. The highest BCUT2D eigenvalue weighted by Crippen LogP contribution is 2.15. The first-order chi connectivity index (χ1) is 12.0. The Bertz CT molecular complexity index is 712. The summed E-state index contributed by atoms with van der Waals surface area (Å²) in [6, 6.07) is 7.57. The molecular weight excluding hydrogens is 336 g/mol. The molecule has 1 fully saturated rings. The van der Waals surface area contributed by atoms with Gasteiger partial charge in [-0.3, -0.25) is 9.69 Å². The topological polar surface area (TPSA) is 41.4 Å². The maximum Gasteiger partial charge on any atom is 0.253 e. The molecule has 0 aliphatic carbocycles. The van der Waals surface area contributed by atoms with Crippen molar-refractivity contribution in [1.82, 2.24) is 19.4 Å². The molecule has 1 aliphatic rings. The first kappa shape index (κ1) is 18.0. The first-order valence-corrected chi connectivity index (χ1v) is 9.19. The Kier molecular flexibility index (Phi) is 5.76. The normalized spacial score (nSPS) is 17.3. The molecular formula is C19H25ClN4O. The molecule has 0 bridgehead atoms. The highest BCUT2D eigenvalue weighted by molar-refractivity contribution is 6.30. The molecule has 1 amide bonds. The Labute approximate surface area is 154 Å². The lowest BCUT2D eigenvalue weighted by Crippen LogP contribution is -2.40. The zero-order valence-corrected chi connectivity index (χ0v) is 15.6. The number of aryl methyl sites for hydroxylation is 1. The molecule has 1 atom stereocenters. The van der Waals surface area contributed by atoms with Gasteiger partial charge in [-0.25, -0.2) is 4.98 Å². The van der Waals surface area contributed by atoms with E-state index in [9.17, 15) is 4.79 Å². The maximum atomic E-state index is 12.7. The fourth-order valence-corrected chi connectivity index (χ4v) is 3.48. The lowest BCUT2D eigenvalue weighted by atomic mass is 10.2. The van der Waals surface area contributed by atoms with Crippen molar-refractivity contribution in [3.63, 3.8) is 0 Å². The van der Waals surface area contributed by atoms with Crippen LogP contribution < -0.4 is 0 Å². The number of imidazole rings is 1. The third-order valence-electron chi connectivity index (χ3n) is 4.92. The van der Waals surface area contributed by atoms with Gasteiger partial charge >= 0.3 is 0 Å². The quantitative estimate of drug-likeness (QED) is 0.841. The Hall–Kier alpha value is -1.85. The van der Waals surface area contributed by atoms with Crippen molar-refractivity contribution < 1.29 is 4.79 Å². The third kappa shape index (κ3) is 4.41. The van der Waals surface area contributed by atoms with Crippen LogP contribution in [0.1, 0.15) is 29.5 Å². The standard InChI is InChI=1S/C19H25ClN4O/c1-15(14-24-11-8-21-16(24)2)22-9-3-10-23(13-12-22)19(25)17-4-6-18(20)7-5-17/h4-8,11,15H,3,9-10,12-14H2,1-2H3. The minimum atomic E-state index is 0.0941. The van der Waals surface area contributed by atoms with Crippen molar-refractivity contribution in [2.24, 2.45) is 0 Å². The van der Waals surface area contributed by atoms with E-state index in [0.717, 1.165) is 45.0 Å². The minimum absolute atomic E-state index is 0.0941. The molecule has 2 aromatic rings. The summed E-state index contributed by atoms with van der Waals surface area (Å²) in [5.41, 5.74) is 0.708. The summed E-state index contributed by atoms with van der Waals surface area (Å²) < 4.78 is 2.19. The van der Waals surface area contributed by atoms with E-state index < -0.39 is 0 Å². The average Bonchev–Trinajstić information content (AvgIpc) is 2.86. The molecule has 0 spiro atoms. The second kappa shape index (κ2) is 8.02. The summed E-state index contributed by atoms with van der Waals surface area (Å²) in [6.45, 7) is 8.67. The highest BCUT2D eigenvalue weighted by Gasteiger charge is 2.23. The van der Waals surface area contributed by atoms with E-state index in [1.807, 2.05) is 24.2 Å². The number of carbonyl (C=O) groups excluding carboxylic acids is 1. The van der Waals surface area contributed by atoms with Gasteiger partial charge in [0.15, 0.2) is 0 Å². The molecule has 1 unspecified atom stereocenters. The van der Waals surface area contributed by atoms with Gasteiger partial charge in [-0.05, 0) is 44.5 Å². The molecule has 134 valence electrons. The van der Waals surface area contributed by atoms with Crippen molar-refractivity contribution in [2.45, 2.75) is 32.9 Å². The molecule has 3 rings (SSSR count). The molecule has 25 heavy (non-hydrogen) atoms. The van der Waals surface area contributed by atoms with Crippen molar-refractivity contribution in [1.29, 1.82) is 0 Å². The minimum Gasteiger partial charge on any atom is -0.337 e. The number of halogens is 1. The van der Waals surface area contributed by atoms with E-state index in [2.05, 4.69) is 21.4 Å². The molecule has 1 aliphatic heterocycles. The Morgan fingerprint density at radius 3 is 2.64 bits per heavy atom. The van der Waals surface area contributed by atoms with Gasteiger partial charge in [0.05, 0.1) is 0 Å². The van der Waals surface area contributed by atoms with E-state index >= 15 is 0 Å². The van der Waals surface area contributed by atoms with E-state index in [-0.39, 0.29) is 5.91 Å². The molecule has 0 N–H and O–H groups in total. The summed E-state index contributed by atoms with van der Waals surface area (Å²) >= 11 is 5.91. The predicted octanol–water partition coefficient (Wildman–Crippen LogP) is 3.08. The van der Waals surface area contributed by atoms with Crippen LogP contribution in [-0.2, 0) is 6.54 Å². The molecule has 0 saturated carbocycles. The lowest BCUT2D eigenvalue weighted by molar-refractivity contribution is 0.0758. The monoisotopic (exact) mass is 360 g/mol. The molecule has 5 nitrogen and oxygen atoms in total.